The van der Waals surface area contributed by atoms with Crippen LogP contribution in [0.4, 0.5) is 0 Å². The van der Waals surface area contributed by atoms with Gasteiger partial charge >= 0.3 is 0 Å². The summed E-state index contributed by atoms with van der Waals surface area (Å²) in [4.78, 5) is 5.48. The van der Waals surface area contributed by atoms with E-state index in [0.29, 0.717) is 0 Å². The van der Waals surface area contributed by atoms with Crippen molar-refractivity contribution >= 4 is 82.9 Å². The molecule has 1 aliphatic rings. The van der Waals surface area contributed by atoms with Crippen LogP contribution in [-0.4, -0.2) is 9.38 Å². The van der Waals surface area contributed by atoms with Gasteiger partial charge in [-0.15, -0.1) is 0 Å². The molecular formula is C60H39N2PS. The van der Waals surface area contributed by atoms with Crippen molar-refractivity contribution < 1.29 is 0 Å². The smallest absolute Gasteiger partial charge is 0.146 e. The summed E-state index contributed by atoms with van der Waals surface area (Å²) in [5.74, 6) is 0. The highest BCUT2D eigenvalue weighted by atomic mass is 32.4. The van der Waals surface area contributed by atoms with Gasteiger partial charge in [0.25, 0.3) is 0 Å². The van der Waals surface area contributed by atoms with E-state index in [4.69, 9.17) is 16.8 Å². The molecule has 10 aromatic carbocycles. The minimum Gasteiger partial charge on any atom is -0.292 e. The lowest BCUT2D eigenvalue weighted by Crippen LogP contribution is -2.28. The minimum atomic E-state index is -2.45. The van der Waals surface area contributed by atoms with Crippen LogP contribution in [0, 0.1) is 0 Å². The molecule has 300 valence electrons. The van der Waals surface area contributed by atoms with Gasteiger partial charge in [-0.3, -0.25) is 4.40 Å². The molecule has 13 rings (SSSR count). The summed E-state index contributed by atoms with van der Waals surface area (Å²) < 4.78 is 2.41. The van der Waals surface area contributed by atoms with Crippen molar-refractivity contribution in [3.63, 3.8) is 0 Å². The molecule has 0 saturated carbocycles. The Kier molecular flexibility index (Phi) is 8.31. The van der Waals surface area contributed by atoms with E-state index in [1.165, 1.54) is 71.1 Å². The van der Waals surface area contributed by atoms with Crippen LogP contribution < -0.4 is 15.9 Å². The van der Waals surface area contributed by atoms with Crippen LogP contribution in [0.15, 0.2) is 237 Å². The van der Waals surface area contributed by atoms with E-state index in [0.717, 1.165) is 38.5 Å². The van der Waals surface area contributed by atoms with E-state index in [1.54, 1.807) is 0 Å². The molecule has 0 amide bonds. The Bertz CT molecular complexity index is 3780. The van der Waals surface area contributed by atoms with E-state index in [-0.39, 0.29) is 0 Å². The first-order valence-corrected chi connectivity index (χ1v) is 24.7. The van der Waals surface area contributed by atoms with E-state index < -0.39 is 11.5 Å². The number of benzene rings is 10. The molecule has 0 N–H and O–H groups in total. The topological polar surface area (TPSA) is 17.3 Å². The lowest BCUT2D eigenvalue weighted by Gasteiger charge is -2.34. The summed E-state index contributed by atoms with van der Waals surface area (Å²) in [5.41, 5.74) is 13.6. The van der Waals surface area contributed by atoms with Crippen LogP contribution in [-0.2, 0) is 17.2 Å². The van der Waals surface area contributed by atoms with Gasteiger partial charge in [-0.1, -0.05) is 212 Å². The van der Waals surface area contributed by atoms with Crippen LogP contribution in [0.2, 0.25) is 0 Å². The van der Waals surface area contributed by atoms with Gasteiger partial charge in [0, 0.05) is 16.8 Å². The van der Waals surface area contributed by atoms with Gasteiger partial charge in [0.2, 0.25) is 0 Å². The first-order chi connectivity index (χ1) is 31.6. The Balaban J connectivity index is 1.09. The molecule has 12 aromatic rings. The summed E-state index contributed by atoms with van der Waals surface area (Å²) in [6.45, 7) is 0. The average molecular weight is 851 g/mol. The maximum atomic E-state index is 6.95. The van der Waals surface area contributed by atoms with Crippen LogP contribution in [0.1, 0.15) is 22.3 Å². The normalized spacial score (nSPS) is 13.2. The third kappa shape index (κ3) is 5.32. The number of hydrogen-bond donors (Lipinski definition) is 0. The fraction of sp³-hybridized carbons (Fsp3) is 0.0167. The molecule has 0 saturated heterocycles. The molecule has 0 radical (unpaired) electrons. The van der Waals surface area contributed by atoms with E-state index in [9.17, 15) is 0 Å². The van der Waals surface area contributed by atoms with Crippen LogP contribution in [0.5, 0.6) is 0 Å². The summed E-state index contributed by atoms with van der Waals surface area (Å²) in [7, 11) is 0. The monoisotopic (exact) mass is 850 g/mol. The molecule has 0 unspecified atom stereocenters. The Morgan fingerprint density at radius 2 is 0.938 bits per heavy atom. The molecule has 1 aliphatic carbocycles. The second-order valence-corrected chi connectivity index (χ2v) is 21.4. The molecule has 64 heavy (non-hydrogen) atoms. The molecular weight excluding hydrogens is 812 g/mol. The zero-order valence-corrected chi connectivity index (χ0v) is 36.5. The minimum absolute atomic E-state index is 0.483. The third-order valence-corrected chi connectivity index (χ3v) is 18.6. The lowest BCUT2D eigenvalue weighted by molar-refractivity contribution is 0.769. The predicted molar refractivity (Wildman–Crippen MR) is 274 cm³/mol. The van der Waals surface area contributed by atoms with Gasteiger partial charge in [-0.05, 0) is 113 Å². The summed E-state index contributed by atoms with van der Waals surface area (Å²) in [6.07, 6.45) is 0. The molecule has 0 aliphatic heterocycles. The second-order valence-electron chi connectivity index (χ2n) is 17.0. The second kappa shape index (κ2) is 14.3. The maximum Gasteiger partial charge on any atom is 0.146 e. The Morgan fingerprint density at radius 1 is 0.391 bits per heavy atom. The third-order valence-electron chi connectivity index (χ3n) is 13.7. The van der Waals surface area contributed by atoms with E-state index in [2.05, 4.69) is 241 Å². The van der Waals surface area contributed by atoms with Gasteiger partial charge < -0.3 is 0 Å². The number of imidazole rings is 1. The summed E-state index contributed by atoms with van der Waals surface area (Å²) in [6, 6.07) is 84.2. The highest BCUT2D eigenvalue weighted by Gasteiger charge is 2.46. The Morgan fingerprint density at radius 3 is 1.61 bits per heavy atom. The number of rotatable bonds is 6. The van der Waals surface area contributed by atoms with E-state index >= 15 is 0 Å². The largest absolute Gasteiger partial charge is 0.292 e. The molecule has 2 nitrogen and oxygen atoms in total. The SMILES string of the molecule is S=P(c1ccccc1)(c1ccccc1)c1ccc2c3cc4ccccc4cc3c3nc4ccc(-c5ccc6c(c5)C(c5ccccc5)(c5ccccc5)c5ccccc5-6)cc4n3c2c1. The molecule has 4 heteroatoms. The van der Waals surface area contributed by atoms with Crippen molar-refractivity contribution in [1.29, 1.82) is 0 Å². The fourth-order valence-electron chi connectivity index (χ4n) is 10.8. The fourth-order valence-corrected chi connectivity index (χ4v) is 14.5. The molecule has 0 bridgehead atoms. The van der Waals surface area contributed by atoms with Crippen LogP contribution in [0.3, 0.4) is 0 Å². The number of hydrogen-bond acceptors (Lipinski definition) is 2. The molecule has 0 spiro atoms. The number of fused-ring (bicyclic) bond motifs is 12. The van der Waals surface area contributed by atoms with Gasteiger partial charge in [0.05, 0.1) is 22.0 Å². The summed E-state index contributed by atoms with van der Waals surface area (Å²) in [5, 5.41) is 9.42. The first kappa shape index (κ1) is 37.2. The standard InChI is InChI=1S/C60H39N2PS/c64-63(46-23-9-3-10-24-46,47-25-11-4-12-26-47)48-31-33-51-52-35-40-17-13-14-18-41(40)36-53(52)59-61-56-34-30-43(38-58(56)62(59)57(51)39-48)42-29-32-50-49-27-15-16-28-54(49)60(55(50)37-42,44-19-5-1-6-20-44)45-21-7-2-8-22-45/h1-39H. The molecule has 0 atom stereocenters. The first-order valence-electron chi connectivity index (χ1n) is 21.9. The quantitative estimate of drug-likeness (QED) is 0.0942. The number of aromatic nitrogens is 2. The maximum absolute atomic E-state index is 6.95. The van der Waals surface area contributed by atoms with Crippen molar-refractivity contribution in [3.8, 4) is 22.3 Å². The van der Waals surface area contributed by atoms with Crippen LogP contribution in [0.25, 0.3) is 71.4 Å². The summed E-state index contributed by atoms with van der Waals surface area (Å²) >= 11 is 6.95. The van der Waals surface area contributed by atoms with Gasteiger partial charge in [0.1, 0.15) is 5.65 Å². The Hall–Kier alpha value is -7.42. The molecule has 0 fully saturated rings. The highest BCUT2D eigenvalue weighted by Crippen LogP contribution is 2.57. The lowest BCUT2D eigenvalue weighted by atomic mass is 9.67. The Labute approximate surface area is 376 Å². The van der Waals surface area contributed by atoms with Crippen LogP contribution >= 0.6 is 6.04 Å². The van der Waals surface area contributed by atoms with Gasteiger partial charge in [-0.25, -0.2) is 4.98 Å². The predicted octanol–water partition coefficient (Wildman–Crippen LogP) is 13.7. The molecule has 2 aromatic heterocycles. The zero-order chi connectivity index (χ0) is 42.4. The van der Waals surface area contributed by atoms with Crippen molar-refractivity contribution in [2.45, 2.75) is 5.41 Å². The van der Waals surface area contributed by atoms with Crippen molar-refractivity contribution in [1.82, 2.24) is 9.38 Å². The molecule has 2 heterocycles. The number of nitrogens with zero attached hydrogens (tertiary/aromatic N) is 2. The highest BCUT2D eigenvalue weighted by molar-refractivity contribution is 8.25. The van der Waals surface area contributed by atoms with Crippen molar-refractivity contribution in [2.75, 3.05) is 0 Å². The van der Waals surface area contributed by atoms with Crippen molar-refractivity contribution in [3.05, 3.63) is 259 Å². The van der Waals surface area contributed by atoms with Gasteiger partial charge in [-0.2, -0.15) is 0 Å². The average Bonchev–Trinajstić information content (AvgIpc) is 3.91. The van der Waals surface area contributed by atoms with Crippen molar-refractivity contribution in [2.24, 2.45) is 0 Å². The van der Waals surface area contributed by atoms with Gasteiger partial charge in [0.15, 0.2) is 0 Å². The zero-order valence-electron chi connectivity index (χ0n) is 34.8. The number of pyridine rings is 1. The van der Waals surface area contributed by atoms with E-state index in [1.807, 2.05) is 0 Å².